The molecular formula is C21H20N2O6S2. The van der Waals surface area contributed by atoms with E-state index in [1.165, 1.54) is 42.7 Å². The van der Waals surface area contributed by atoms with Gasteiger partial charge in [0.15, 0.2) is 21.3 Å². The van der Waals surface area contributed by atoms with Crippen LogP contribution >= 0.6 is 0 Å². The van der Waals surface area contributed by atoms with Gasteiger partial charge < -0.3 is 9.47 Å². The second-order valence-electron chi connectivity index (χ2n) is 7.00. The first kappa shape index (κ1) is 21.3. The number of nitrogens with zero attached hydrogens (tertiary/aromatic N) is 1. The Kier molecular flexibility index (Phi) is 5.69. The predicted octanol–water partition coefficient (Wildman–Crippen LogP) is 2.61. The van der Waals surface area contributed by atoms with Crippen LogP contribution in [0.1, 0.15) is 16.4 Å². The van der Waals surface area contributed by atoms with Gasteiger partial charge in [0.25, 0.3) is 0 Å². The smallest absolute Gasteiger partial charge is 0.240 e. The summed E-state index contributed by atoms with van der Waals surface area (Å²) in [6, 6.07) is 13.9. The quantitative estimate of drug-likeness (QED) is 0.577. The fourth-order valence-corrected chi connectivity index (χ4v) is 5.99. The highest BCUT2D eigenvalue weighted by molar-refractivity contribution is 7.92. The second kappa shape index (κ2) is 8.29. The Labute approximate surface area is 180 Å². The highest BCUT2D eigenvalue weighted by Crippen LogP contribution is 2.34. The Morgan fingerprint density at radius 1 is 0.968 bits per heavy atom. The topological polar surface area (TPSA) is 112 Å². The molecular weight excluding hydrogens is 440 g/mol. The molecule has 0 saturated heterocycles. The largest absolute Gasteiger partial charge is 0.454 e. The molecule has 3 aromatic rings. The number of nitrogens with one attached hydrogen (secondary N) is 1. The van der Waals surface area contributed by atoms with Gasteiger partial charge in [-0.25, -0.2) is 21.6 Å². The molecule has 1 N–H and O–H groups in total. The van der Waals surface area contributed by atoms with Gasteiger partial charge in [-0.15, -0.1) is 0 Å². The van der Waals surface area contributed by atoms with Crippen molar-refractivity contribution < 1.29 is 26.3 Å². The second-order valence-corrected chi connectivity index (χ2v) is 10.9. The zero-order valence-corrected chi connectivity index (χ0v) is 18.2. The number of rotatable bonds is 7. The van der Waals surface area contributed by atoms with Crippen LogP contribution in [0.15, 0.2) is 76.8 Å². The van der Waals surface area contributed by atoms with Crippen LogP contribution in [0.4, 0.5) is 0 Å². The summed E-state index contributed by atoms with van der Waals surface area (Å²) in [4.78, 5) is 4.06. The van der Waals surface area contributed by atoms with E-state index in [-0.39, 0.29) is 23.1 Å². The Bertz CT molecular complexity index is 1290. The summed E-state index contributed by atoms with van der Waals surface area (Å²) in [6.45, 7) is 1.51. The molecule has 1 atom stereocenters. The number of aromatic nitrogens is 1. The van der Waals surface area contributed by atoms with Crippen LogP contribution < -0.4 is 14.2 Å². The number of sulfonamides is 1. The zero-order chi connectivity index (χ0) is 22.1. The minimum atomic E-state index is -4.00. The number of fused-ring (bicyclic) bond motifs is 1. The molecule has 8 nitrogen and oxygen atoms in total. The van der Waals surface area contributed by atoms with Crippen molar-refractivity contribution in [2.75, 3.05) is 13.3 Å². The summed E-state index contributed by atoms with van der Waals surface area (Å²) in [5.74, 6) is 0.771. The van der Waals surface area contributed by atoms with E-state index in [9.17, 15) is 16.8 Å². The van der Waals surface area contributed by atoms with E-state index in [1.807, 2.05) is 6.92 Å². The summed E-state index contributed by atoms with van der Waals surface area (Å²) in [5, 5.41) is -1.16. The van der Waals surface area contributed by atoms with Crippen molar-refractivity contribution in [2.24, 2.45) is 0 Å². The van der Waals surface area contributed by atoms with Gasteiger partial charge in [-0.3, -0.25) is 4.98 Å². The van der Waals surface area contributed by atoms with Gasteiger partial charge >= 0.3 is 0 Å². The molecule has 0 bridgehead atoms. The summed E-state index contributed by atoms with van der Waals surface area (Å²) in [6.07, 6.45) is 2.95. The van der Waals surface area contributed by atoms with Gasteiger partial charge in [-0.05, 0) is 42.8 Å². The molecule has 0 radical (unpaired) electrons. The number of hydrogen-bond acceptors (Lipinski definition) is 7. The van der Waals surface area contributed by atoms with Crippen LogP contribution in [0.3, 0.4) is 0 Å². The van der Waals surface area contributed by atoms with Crippen molar-refractivity contribution in [1.82, 2.24) is 9.71 Å². The molecule has 0 saturated carbocycles. The Morgan fingerprint density at radius 2 is 1.68 bits per heavy atom. The highest BCUT2D eigenvalue weighted by Gasteiger charge is 2.31. The lowest BCUT2D eigenvalue weighted by atomic mass is 10.2. The summed E-state index contributed by atoms with van der Waals surface area (Å²) < 4.78 is 65.3. The van der Waals surface area contributed by atoms with Crippen LogP contribution in [0.5, 0.6) is 11.5 Å². The average molecular weight is 461 g/mol. The first-order valence-electron chi connectivity index (χ1n) is 9.37. The lowest BCUT2D eigenvalue weighted by molar-refractivity contribution is 0.174. The van der Waals surface area contributed by atoms with Crippen LogP contribution in [0, 0.1) is 6.92 Å². The number of ether oxygens (including phenoxy) is 2. The normalized spacial score (nSPS) is 14.4. The Hall–Kier alpha value is -2.95. The molecule has 0 spiro atoms. The average Bonchev–Trinajstić information content (AvgIpc) is 3.23. The summed E-state index contributed by atoms with van der Waals surface area (Å²) in [5.41, 5.74) is 1.30. The number of benzene rings is 2. The van der Waals surface area contributed by atoms with Crippen molar-refractivity contribution in [3.8, 4) is 11.5 Å². The number of hydrogen-bond donors (Lipinski definition) is 1. The van der Waals surface area contributed by atoms with E-state index in [2.05, 4.69) is 9.71 Å². The third-order valence-corrected chi connectivity index (χ3v) is 8.43. The fraction of sp³-hybridized carbons (Fsp3) is 0.190. The van der Waals surface area contributed by atoms with E-state index in [0.29, 0.717) is 17.1 Å². The van der Waals surface area contributed by atoms with Crippen molar-refractivity contribution in [3.63, 3.8) is 0 Å². The molecule has 162 valence electrons. The monoisotopic (exact) mass is 460 g/mol. The minimum absolute atomic E-state index is 0.0180. The maximum absolute atomic E-state index is 13.4. The van der Waals surface area contributed by atoms with E-state index in [0.717, 1.165) is 5.56 Å². The summed E-state index contributed by atoms with van der Waals surface area (Å²) >= 11 is 0. The molecule has 0 amide bonds. The first-order valence-corrected chi connectivity index (χ1v) is 12.4. The van der Waals surface area contributed by atoms with E-state index < -0.39 is 25.1 Å². The third kappa shape index (κ3) is 4.41. The van der Waals surface area contributed by atoms with Gasteiger partial charge in [0, 0.05) is 25.0 Å². The first-order chi connectivity index (χ1) is 14.8. The number of sulfone groups is 1. The van der Waals surface area contributed by atoms with Crippen molar-refractivity contribution in [2.45, 2.75) is 22.0 Å². The van der Waals surface area contributed by atoms with Crippen LogP contribution in [0.2, 0.25) is 0 Å². The molecule has 1 aliphatic heterocycles. The van der Waals surface area contributed by atoms with E-state index >= 15 is 0 Å². The van der Waals surface area contributed by atoms with E-state index in [4.69, 9.17) is 9.47 Å². The molecule has 0 unspecified atom stereocenters. The zero-order valence-electron chi connectivity index (χ0n) is 16.6. The minimum Gasteiger partial charge on any atom is -0.454 e. The Morgan fingerprint density at radius 3 is 2.39 bits per heavy atom. The van der Waals surface area contributed by atoms with Gasteiger partial charge in [0.05, 0.1) is 9.79 Å². The Balaban J connectivity index is 1.65. The molecule has 4 rings (SSSR count). The maximum atomic E-state index is 13.4. The van der Waals surface area contributed by atoms with Gasteiger partial charge in [0.2, 0.25) is 16.8 Å². The van der Waals surface area contributed by atoms with E-state index in [1.54, 1.807) is 24.3 Å². The standard InChI is InChI=1S/C21H20N2O6S2/c1-15-4-6-17(7-5-15)30(24,25)21(16-3-2-10-22-12-16)13-23-31(26,27)18-8-9-19-20(11-18)29-14-28-19/h2-12,21,23H,13-14H2,1H3/t21-/m1/s1. The fourth-order valence-electron chi connectivity index (χ4n) is 3.18. The van der Waals surface area contributed by atoms with Crippen LogP contribution in [-0.4, -0.2) is 35.2 Å². The van der Waals surface area contributed by atoms with Gasteiger partial charge in [0.1, 0.15) is 5.25 Å². The summed E-state index contributed by atoms with van der Waals surface area (Å²) in [7, 11) is -7.90. The van der Waals surface area contributed by atoms with Gasteiger partial charge in [-0.1, -0.05) is 23.8 Å². The molecule has 2 aromatic carbocycles. The lowest BCUT2D eigenvalue weighted by Crippen LogP contribution is -2.32. The molecule has 1 aliphatic rings. The van der Waals surface area contributed by atoms with Crippen molar-refractivity contribution in [1.29, 1.82) is 0 Å². The molecule has 31 heavy (non-hydrogen) atoms. The predicted molar refractivity (Wildman–Crippen MR) is 113 cm³/mol. The lowest BCUT2D eigenvalue weighted by Gasteiger charge is -2.19. The highest BCUT2D eigenvalue weighted by atomic mass is 32.2. The van der Waals surface area contributed by atoms with Crippen molar-refractivity contribution in [3.05, 3.63) is 78.1 Å². The molecule has 2 heterocycles. The molecule has 1 aromatic heterocycles. The van der Waals surface area contributed by atoms with Crippen LogP contribution in [-0.2, 0) is 19.9 Å². The van der Waals surface area contributed by atoms with Crippen LogP contribution in [0.25, 0.3) is 0 Å². The maximum Gasteiger partial charge on any atom is 0.240 e. The third-order valence-electron chi connectivity index (χ3n) is 4.89. The molecule has 0 aliphatic carbocycles. The van der Waals surface area contributed by atoms with Crippen molar-refractivity contribution >= 4 is 19.9 Å². The number of pyridine rings is 1. The molecule has 0 fully saturated rings. The van der Waals surface area contributed by atoms with Gasteiger partial charge in [-0.2, -0.15) is 0 Å². The molecule has 10 heteroatoms. The SMILES string of the molecule is Cc1ccc(S(=O)(=O)[C@H](CNS(=O)(=O)c2ccc3c(c2)OCO3)c2cccnc2)cc1. The number of aryl methyl sites for hydroxylation is 1.